The minimum absolute atomic E-state index is 0.259. The average molecular weight is 392 g/mol. The molecule has 3 N–H and O–H groups in total. The van der Waals surface area contributed by atoms with E-state index in [-0.39, 0.29) is 5.92 Å². The van der Waals surface area contributed by atoms with Crippen LogP contribution in [0, 0.1) is 25.7 Å². The van der Waals surface area contributed by atoms with E-state index in [1.807, 2.05) is 6.21 Å². The molecule has 2 atom stereocenters. The minimum atomic E-state index is -0.696. The predicted octanol–water partition coefficient (Wildman–Crippen LogP) is 3.72. The summed E-state index contributed by atoms with van der Waals surface area (Å²) in [4.78, 5) is 14.9. The lowest BCUT2D eigenvalue weighted by Gasteiger charge is -2.27. The van der Waals surface area contributed by atoms with Crippen molar-refractivity contribution in [1.82, 2.24) is 10.7 Å². The molecule has 2 aromatic heterocycles. The summed E-state index contributed by atoms with van der Waals surface area (Å²) < 4.78 is 0. The third-order valence-electron chi connectivity index (χ3n) is 4.74. The van der Waals surface area contributed by atoms with Gasteiger partial charge in [-0.2, -0.15) is 5.10 Å². The van der Waals surface area contributed by atoms with Crippen LogP contribution in [0.15, 0.2) is 22.6 Å². The summed E-state index contributed by atoms with van der Waals surface area (Å²) in [5.41, 5.74) is 5.71. The number of carboxylic acid groups (broad SMARTS) is 1. The van der Waals surface area contributed by atoms with Crippen molar-refractivity contribution in [2.45, 2.75) is 26.7 Å². The van der Waals surface area contributed by atoms with Gasteiger partial charge in [0.1, 0.15) is 0 Å². The number of aryl methyl sites for hydroxylation is 2. The van der Waals surface area contributed by atoms with E-state index in [2.05, 4.69) is 47.2 Å². The lowest BCUT2D eigenvalue weighted by Crippen LogP contribution is -2.40. The second kappa shape index (κ2) is 8.79. The van der Waals surface area contributed by atoms with Gasteiger partial charge in [0.15, 0.2) is 0 Å². The fourth-order valence-electron chi connectivity index (χ4n) is 3.28. The summed E-state index contributed by atoms with van der Waals surface area (Å²) in [6, 6.07) is 4.33. The van der Waals surface area contributed by atoms with Gasteiger partial charge in [-0.3, -0.25) is 4.79 Å². The fourth-order valence-corrected chi connectivity index (χ4v) is 5.53. The molecule has 1 fully saturated rings. The maximum Gasteiger partial charge on any atom is 0.307 e. The first kappa shape index (κ1) is 19.1. The van der Waals surface area contributed by atoms with Gasteiger partial charge < -0.3 is 15.8 Å². The third kappa shape index (κ3) is 4.72. The molecule has 3 rings (SSSR count). The molecule has 2 aromatic rings. The third-order valence-corrected chi connectivity index (χ3v) is 7.10. The molecule has 0 amide bonds. The summed E-state index contributed by atoms with van der Waals surface area (Å²) >= 11 is 3.55. The van der Waals surface area contributed by atoms with E-state index in [4.69, 9.17) is 5.11 Å². The Kier molecular flexibility index (Phi) is 6.45. The van der Waals surface area contributed by atoms with Crippen molar-refractivity contribution in [1.29, 1.82) is 0 Å². The Bertz CT molecular complexity index is 782. The van der Waals surface area contributed by atoms with E-state index in [9.17, 15) is 4.79 Å². The van der Waals surface area contributed by atoms with Crippen LogP contribution >= 0.6 is 22.7 Å². The van der Waals surface area contributed by atoms with Crippen LogP contribution in [0.25, 0.3) is 9.75 Å². The molecule has 26 heavy (non-hydrogen) atoms. The van der Waals surface area contributed by atoms with E-state index in [0.717, 1.165) is 30.8 Å². The van der Waals surface area contributed by atoms with Gasteiger partial charge in [-0.05, 0) is 67.8 Å². The quantitative estimate of drug-likeness (QED) is 0.382. The highest BCUT2D eigenvalue weighted by Crippen LogP contribution is 2.37. The van der Waals surface area contributed by atoms with Gasteiger partial charge in [0.2, 0.25) is 0 Å². The molecular formula is C19H25N3O2S2. The second-order valence-electron chi connectivity index (χ2n) is 6.84. The van der Waals surface area contributed by atoms with Crippen LogP contribution in [-0.2, 0) is 4.79 Å². The van der Waals surface area contributed by atoms with Crippen LogP contribution < -0.4 is 10.7 Å². The molecular weight excluding hydrogens is 366 g/mol. The van der Waals surface area contributed by atoms with E-state index in [1.165, 1.54) is 20.9 Å². The number of carboxylic acids is 1. The van der Waals surface area contributed by atoms with Gasteiger partial charge in [-0.25, -0.2) is 0 Å². The lowest BCUT2D eigenvalue weighted by atomic mass is 9.88. The first-order valence-corrected chi connectivity index (χ1v) is 10.6. The molecule has 0 saturated carbocycles. The number of hydrazone groups is 1. The molecule has 0 aliphatic carbocycles. The van der Waals surface area contributed by atoms with Crippen molar-refractivity contribution in [3.63, 3.8) is 0 Å². The van der Waals surface area contributed by atoms with Crippen LogP contribution in [0.2, 0.25) is 0 Å². The zero-order valence-corrected chi connectivity index (χ0v) is 16.8. The number of aliphatic carboxylic acids is 1. The fraction of sp³-hybridized carbons (Fsp3) is 0.474. The summed E-state index contributed by atoms with van der Waals surface area (Å²) in [5.74, 6) is -0.562. The van der Waals surface area contributed by atoms with Crippen molar-refractivity contribution in [2.24, 2.45) is 16.9 Å². The van der Waals surface area contributed by atoms with Gasteiger partial charge in [0.05, 0.1) is 12.1 Å². The Morgan fingerprint density at radius 1 is 1.38 bits per heavy atom. The molecule has 1 saturated heterocycles. The van der Waals surface area contributed by atoms with Gasteiger partial charge in [-0.1, -0.05) is 0 Å². The van der Waals surface area contributed by atoms with Gasteiger partial charge in [0, 0.05) is 27.7 Å². The molecule has 0 bridgehead atoms. The van der Waals surface area contributed by atoms with Crippen LogP contribution in [0.4, 0.5) is 0 Å². The summed E-state index contributed by atoms with van der Waals surface area (Å²) in [5, 5.41) is 18.8. The van der Waals surface area contributed by atoms with Gasteiger partial charge in [-0.15, -0.1) is 22.7 Å². The Hall–Kier alpha value is -1.70. The highest BCUT2D eigenvalue weighted by atomic mass is 32.1. The molecule has 0 radical (unpaired) electrons. The zero-order valence-electron chi connectivity index (χ0n) is 15.1. The molecule has 5 nitrogen and oxygen atoms in total. The molecule has 3 heterocycles. The maximum atomic E-state index is 11.1. The second-order valence-corrected chi connectivity index (χ2v) is 8.84. The number of rotatable bonds is 7. The van der Waals surface area contributed by atoms with Crippen molar-refractivity contribution < 1.29 is 9.90 Å². The van der Waals surface area contributed by atoms with E-state index in [0.29, 0.717) is 12.5 Å². The Labute approximate surface area is 162 Å². The Morgan fingerprint density at radius 3 is 2.96 bits per heavy atom. The SMILES string of the molecule is Cc1ccsc1-c1sc(/C=N/NCC[C@H]2CNC[C@H](C(=O)O)C2)cc1C. The molecule has 0 aromatic carbocycles. The Morgan fingerprint density at radius 2 is 2.23 bits per heavy atom. The van der Waals surface area contributed by atoms with Gasteiger partial charge in [0.25, 0.3) is 0 Å². The van der Waals surface area contributed by atoms with Crippen LogP contribution in [-0.4, -0.2) is 36.9 Å². The first-order valence-electron chi connectivity index (χ1n) is 8.89. The number of hydrogen-bond donors (Lipinski definition) is 3. The van der Waals surface area contributed by atoms with E-state index < -0.39 is 5.97 Å². The van der Waals surface area contributed by atoms with Crippen molar-refractivity contribution >= 4 is 34.9 Å². The predicted molar refractivity (Wildman–Crippen MR) is 109 cm³/mol. The highest BCUT2D eigenvalue weighted by molar-refractivity contribution is 7.22. The molecule has 7 heteroatoms. The average Bonchev–Trinajstić information content (AvgIpc) is 3.20. The molecule has 0 spiro atoms. The van der Waals surface area contributed by atoms with Crippen molar-refractivity contribution in [3.8, 4) is 9.75 Å². The lowest BCUT2D eigenvalue weighted by molar-refractivity contribution is -0.142. The zero-order chi connectivity index (χ0) is 18.5. The Balaban J connectivity index is 1.48. The van der Waals surface area contributed by atoms with Crippen molar-refractivity contribution in [3.05, 3.63) is 33.5 Å². The number of hydrogen-bond acceptors (Lipinski definition) is 6. The number of piperidine rings is 1. The first-order chi connectivity index (χ1) is 12.5. The molecule has 0 unspecified atom stereocenters. The van der Waals surface area contributed by atoms with Gasteiger partial charge >= 0.3 is 5.97 Å². The summed E-state index contributed by atoms with van der Waals surface area (Å²) in [7, 11) is 0. The minimum Gasteiger partial charge on any atom is -0.481 e. The summed E-state index contributed by atoms with van der Waals surface area (Å²) in [6.45, 7) is 6.53. The summed E-state index contributed by atoms with van der Waals surface area (Å²) in [6.07, 6.45) is 3.56. The number of nitrogens with one attached hydrogen (secondary N) is 2. The largest absolute Gasteiger partial charge is 0.481 e. The standard InChI is InChI=1S/C19H25N3O2S2/c1-12-4-6-25-17(12)18-13(2)7-16(26-18)11-22-21-5-3-14-8-15(19(23)24)10-20-9-14/h4,6-7,11,14-15,20-21H,3,5,8-10H2,1-2H3,(H,23,24)/b22-11+/t14-,15-/m1/s1. The van der Waals surface area contributed by atoms with E-state index >= 15 is 0 Å². The molecule has 140 valence electrons. The topological polar surface area (TPSA) is 73.7 Å². The number of nitrogens with zero attached hydrogens (tertiary/aromatic N) is 1. The van der Waals surface area contributed by atoms with Crippen LogP contribution in [0.3, 0.4) is 0 Å². The number of thiophene rings is 2. The molecule has 1 aliphatic heterocycles. The monoisotopic (exact) mass is 391 g/mol. The van der Waals surface area contributed by atoms with Crippen molar-refractivity contribution in [2.75, 3.05) is 19.6 Å². The normalized spacial score (nSPS) is 20.5. The highest BCUT2D eigenvalue weighted by Gasteiger charge is 2.26. The van der Waals surface area contributed by atoms with Crippen LogP contribution in [0.5, 0.6) is 0 Å². The molecule has 1 aliphatic rings. The number of carbonyl (C=O) groups is 1. The van der Waals surface area contributed by atoms with E-state index in [1.54, 1.807) is 22.7 Å². The smallest absolute Gasteiger partial charge is 0.307 e. The van der Waals surface area contributed by atoms with Crippen LogP contribution in [0.1, 0.15) is 28.8 Å². The maximum absolute atomic E-state index is 11.1.